The highest BCUT2D eigenvalue weighted by atomic mass is 35.5. The van der Waals surface area contributed by atoms with Gasteiger partial charge in [0.2, 0.25) is 0 Å². The topological polar surface area (TPSA) is 38.3 Å². The molecule has 3 rings (SSSR count). The Morgan fingerprint density at radius 3 is 2.38 bits per heavy atom. The van der Waals surface area contributed by atoms with Crippen molar-refractivity contribution >= 4 is 35.0 Å². The summed E-state index contributed by atoms with van der Waals surface area (Å²) < 4.78 is 5.69. The summed E-state index contributed by atoms with van der Waals surface area (Å²) in [7, 11) is 0. The van der Waals surface area contributed by atoms with E-state index < -0.39 is 6.10 Å². The Kier molecular flexibility index (Phi) is 6.21. The van der Waals surface area contributed by atoms with Crippen LogP contribution in [0, 0.1) is 0 Å². The SMILES string of the molecule is C[C@@H](Oc1ccccc1Cl)C(=O)Nc1ccccc1Sc1ccccc1. The van der Waals surface area contributed by atoms with Crippen LogP contribution in [-0.4, -0.2) is 12.0 Å². The second-order valence-corrected chi connectivity index (χ2v) is 7.11. The van der Waals surface area contributed by atoms with Gasteiger partial charge in [0, 0.05) is 9.79 Å². The quantitative estimate of drug-likeness (QED) is 0.576. The first kappa shape index (κ1) is 18.4. The molecule has 1 amide bonds. The molecule has 5 heteroatoms. The van der Waals surface area contributed by atoms with Crippen molar-refractivity contribution in [2.24, 2.45) is 0 Å². The average Bonchev–Trinajstić information content (AvgIpc) is 2.66. The third-order valence-corrected chi connectivity index (χ3v) is 5.02. The first-order valence-electron chi connectivity index (χ1n) is 8.17. The number of rotatable bonds is 6. The van der Waals surface area contributed by atoms with E-state index in [4.69, 9.17) is 16.3 Å². The first-order valence-corrected chi connectivity index (χ1v) is 9.37. The van der Waals surface area contributed by atoms with E-state index in [0.717, 1.165) is 15.5 Å². The highest BCUT2D eigenvalue weighted by Gasteiger charge is 2.17. The highest BCUT2D eigenvalue weighted by molar-refractivity contribution is 7.99. The number of ether oxygens (including phenoxy) is 1. The molecule has 0 aliphatic rings. The van der Waals surface area contributed by atoms with Crippen molar-refractivity contribution in [3.8, 4) is 5.75 Å². The van der Waals surface area contributed by atoms with Crippen molar-refractivity contribution in [1.29, 1.82) is 0 Å². The third-order valence-electron chi connectivity index (χ3n) is 3.63. The van der Waals surface area contributed by atoms with Crippen molar-refractivity contribution in [3.05, 3.63) is 83.9 Å². The molecule has 1 N–H and O–H groups in total. The Morgan fingerprint density at radius 1 is 0.962 bits per heavy atom. The summed E-state index contributed by atoms with van der Waals surface area (Å²) in [6, 6.07) is 24.8. The number of anilines is 1. The van der Waals surface area contributed by atoms with Gasteiger partial charge in [-0.05, 0) is 43.3 Å². The molecule has 0 saturated heterocycles. The van der Waals surface area contributed by atoms with Crippen molar-refractivity contribution in [1.82, 2.24) is 0 Å². The lowest BCUT2D eigenvalue weighted by atomic mass is 10.3. The summed E-state index contributed by atoms with van der Waals surface area (Å²) in [5.41, 5.74) is 0.751. The lowest BCUT2D eigenvalue weighted by Crippen LogP contribution is -2.30. The second-order valence-electron chi connectivity index (χ2n) is 5.59. The average molecular weight is 384 g/mol. The van der Waals surface area contributed by atoms with Gasteiger partial charge in [-0.3, -0.25) is 4.79 Å². The van der Waals surface area contributed by atoms with Gasteiger partial charge in [0.05, 0.1) is 10.7 Å². The van der Waals surface area contributed by atoms with Crippen LogP contribution in [0.2, 0.25) is 5.02 Å². The third kappa shape index (κ3) is 4.81. The zero-order valence-corrected chi connectivity index (χ0v) is 15.8. The summed E-state index contributed by atoms with van der Waals surface area (Å²) in [5, 5.41) is 3.42. The van der Waals surface area contributed by atoms with Gasteiger partial charge in [0.25, 0.3) is 5.91 Å². The van der Waals surface area contributed by atoms with Gasteiger partial charge in [0.15, 0.2) is 6.10 Å². The summed E-state index contributed by atoms with van der Waals surface area (Å²) in [6.07, 6.45) is -0.676. The van der Waals surface area contributed by atoms with E-state index in [1.165, 1.54) is 0 Å². The van der Waals surface area contributed by atoms with Crippen LogP contribution in [0.1, 0.15) is 6.92 Å². The predicted octanol–water partition coefficient (Wildman–Crippen LogP) is 5.90. The summed E-state index contributed by atoms with van der Waals surface area (Å²) in [6.45, 7) is 1.70. The van der Waals surface area contributed by atoms with Crippen LogP contribution in [-0.2, 0) is 4.79 Å². The molecule has 0 saturated carbocycles. The lowest BCUT2D eigenvalue weighted by Gasteiger charge is -2.17. The fourth-order valence-electron chi connectivity index (χ4n) is 2.29. The normalized spacial score (nSPS) is 11.6. The molecule has 3 aromatic rings. The molecule has 0 aromatic heterocycles. The van der Waals surface area contributed by atoms with Crippen molar-refractivity contribution in [3.63, 3.8) is 0 Å². The molecular formula is C21H18ClNO2S. The van der Waals surface area contributed by atoms with Crippen LogP contribution in [0.15, 0.2) is 88.7 Å². The fraction of sp³-hybridized carbons (Fsp3) is 0.0952. The Balaban J connectivity index is 1.70. The summed E-state index contributed by atoms with van der Waals surface area (Å²) in [4.78, 5) is 14.6. The fourth-order valence-corrected chi connectivity index (χ4v) is 3.40. The van der Waals surface area contributed by atoms with E-state index in [-0.39, 0.29) is 5.91 Å². The van der Waals surface area contributed by atoms with Crippen LogP contribution in [0.25, 0.3) is 0 Å². The van der Waals surface area contributed by atoms with Crippen molar-refractivity contribution < 1.29 is 9.53 Å². The number of hydrogen-bond acceptors (Lipinski definition) is 3. The maximum Gasteiger partial charge on any atom is 0.265 e. The molecule has 0 aliphatic carbocycles. The molecule has 132 valence electrons. The molecule has 0 bridgehead atoms. The van der Waals surface area contributed by atoms with E-state index in [0.29, 0.717) is 10.8 Å². The second kappa shape index (κ2) is 8.79. The minimum Gasteiger partial charge on any atom is -0.479 e. The van der Waals surface area contributed by atoms with Crippen LogP contribution in [0.4, 0.5) is 5.69 Å². The Bertz CT molecular complexity index is 886. The maximum atomic E-state index is 12.5. The zero-order chi connectivity index (χ0) is 18.4. The largest absolute Gasteiger partial charge is 0.479 e. The van der Waals surface area contributed by atoms with Crippen LogP contribution < -0.4 is 10.1 Å². The monoisotopic (exact) mass is 383 g/mol. The summed E-state index contributed by atoms with van der Waals surface area (Å²) in [5.74, 6) is 0.259. The molecule has 0 unspecified atom stereocenters. The first-order chi connectivity index (χ1) is 12.6. The van der Waals surface area contributed by atoms with Crippen LogP contribution >= 0.6 is 23.4 Å². The number of carbonyl (C=O) groups excluding carboxylic acids is 1. The molecule has 0 spiro atoms. The summed E-state index contributed by atoms with van der Waals surface area (Å²) >= 11 is 7.69. The molecule has 3 aromatic carbocycles. The maximum absolute atomic E-state index is 12.5. The highest BCUT2D eigenvalue weighted by Crippen LogP contribution is 2.33. The molecule has 0 aliphatic heterocycles. The minimum atomic E-state index is -0.676. The Labute approximate surface area is 162 Å². The van der Waals surface area contributed by atoms with Gasteiger partial charge < -0.3 is 10.1 Å². The number of para-hydroxylation sites is 2. The number of benzene rings is 3. The van der Waals surface area contributed by atoms with Gasteiger partial charge in [0.1, 0.15) is 5.75 Å². The van der Waals surface area contributed by atoms with E-state index in [1.54, 1.807) is 30.8 Å². The lowest BCUT2D eigenvalue weighted by molar-refractivity contribution is -0.122. The minimum absolute atomic E-state index is 0.231. The van der Waals surface area contributed by atoms with Crippen molar-refractivity contribution in [2.45, 2.75) is 22.8 Å². The smallest absolute Gasteiger partial charge is 0.265 e. The van der Waals surface area contributed by atoms with Gasteiger partial charge >= 0.3 is 0 Å². The predicted molar refractivity (Wildman–Crippen MR) is 107 cm³/mol. The standard InChI is InChI=1S/C21H18ClNO2S/c1-15(25-19-13-7-5-11-17(19)22)21(24)23-18-12-6-8-14-20(18)26-16-9-3-2-4-10-16/h2-15H,1H3,(H,23,24)/t15-/m1/s1. The van der Waals surface area contributed by atoms with Gasteiger partial charge in [-0.15, -0.1) is 0 Å². The van der Waals surface area contributed by atoms with E-state index in [9.17, 15) is 4.79 Å². The molecule has 1 atom stereocenters. The Hall–Kier alpha value is -2.43. The molecule has 0 fully saturated rings. The Morgan fingerprint density at radius 2 is 1.62 bits per heavy atom. The van der Waals surface area contributed by atoms with Gasteiger partial charge in [-0.1, -0.05) is 65.8 Å². The molecular weight excluding hydrogens is 366 g/mol. The van der Waals surface area contributed by atoms with E-state index in [2.05, 4.69) is 5.32 Å². The number of nitrogens with one attached hydrogen (secondary N) is 1. The number of hydrogen-bond donors (Lipinski definition) is 1. The molecule has 0 heterocycles. The number of carbonyl (C=O) groups is 1. The molecule has 26 heavy (non-hydrogen) atoms. The van der Waals surface area contributed by atoms with Crippen LogP contribution in [0.3, 0.4) is 0 Å². The number of halogens is 1. The van der Waals surface area contributed by atoms with Crippen molar-refractivity contribution in [2.75, 3.05) is 5.32 Å². The molecule has 3 nitrogen and oxygen atoms in total. The zero-order valence-electron chi connectivity index (χ0n) is 14.2. The number of amides is 1. The van der Waals surface area contributed by atoms with E-state index in [1.807, 2.05) is 66.7 Å². The van der Waals surface area contributed by atoms with Crippen LogP contribution in [0.5, 0.6) is 5.75 Å². The van der Waals surface area contributed by atoms with Gasteiger partial charge in [-0.25, -0.2) is 0 Å². The van der Waals surface area contributed by atoms with Gasteiger partial charge in [-0.2, -0.15) is 0 Å². The van der Waals surface area contributed by atoms with E-state index >= 15 is 0 Å². The molecule has 0 radical (unpaired) electrons.